The van der Waals surface area contributed by atoms with E-state index in [2.05, 4.69) is 10.2 Å². The van der Waals surface area contributed by atoms with Gasteiger partial charge in [0.15, 0.2) is 6.10 Å². The third kappa shape index (κ3) is 3.19. The topological polar surface area (TPSA) is 70.2 Å². The molecule has 4 rings (SSSR count). The van der Waals surface area contributed by atoms with Crippen LogP contribution in [-0.4, -0.2) is 20.7 Å². The van der Waals surface area contributed by atoms with Crippen molar-refractivity contribution in [2.24, 2.45) is 7.05 Å². The fraction of sp³-hybridized carbons (Fsp3) is 0.150. The molecule has 2 heterocycles. The molecule has 0 aliphatic heterocycles. The second kappa shape index (κ2) is 6.68. The zero-order valence-electron chi connectivity index (χ0n) is 14.7. The Morgan fingerprint density at radius 2 is 1.89 bits per heavy atom. The summed E-state index contributed by atoms with van der Waals surface area (Å²) in [7, 11) is 1.87. The summed E-state index contributed by atoms with van der Waals surface area (Å²) in [4.78, 5) is 12.6. The number of ether oxygens (including phenoxy) is 1. The third-order valence-electron chi connectivity index (χ3n) is 4.28. The van der Waals surface area contributed by atoms with Crippen molar-refractivity contribution in [3.8, 4) is 11.5 Å². The lowest BCUT2D eigenvalue weighted by Crippen LogP contribution is -2.09. The highest BCUT2D eigenvalue weighted by atomic mass is 19.1. The third-order valence-corrected chi connectivity index (χ3v) is 4.28. The number of carbonyl (C=O) groups is 1. The van der Waals surface area contributed by atoms with Gasteiger partial charge in [0.05, 0.1) is 5.56 Å². The smallest absolute Gasteiger partial charge is 0.341 e. The van der Waals surface area contributed by atoms with E-state index in [9.17, 15) is 9.18 Å². The maximum Gasteiger partial charge on any atom is 0.341 e. The summed E-state index contributed by atoms with van der Waals surface area (Å²) in [5.41, 5.74) is 1.99. The first-order chi connectivity index (χ1) is 13.0. The second-order valence-corrected chi connectivity index (χ2v) is 6.17. The van der Waals surface area contributed by atoms with E-state index in [1.807, 2.05) is 35.9 Å². The fourth-order valence-corrected chi connectivity index (χ4v) is 2.89. The molecular formula is C20H16FN3O3. The van der Waals surface area contributed by atoms with Crippen molar-refractivity contribution in [3.05, 3.63) is 72.0 Å². The fourth-order valence-electron chi connectivity index (χ4n) is 2.89. The van der Waals surface area contributed by atoms with Gasteiger partial charge in [0.2, 0.25) is 5.89 Å². The molecule has 1 atom stereocenters. The van der Waals surface area contributed by atoms with Gasteiger partial charge < -0.3 is 13.7 Å². The van der Waals surface area contributed by atoms with Crippen LogP contribution in [0, 0.1) is 5.82 Å². The number of para-hydroxylation sites is 1. The summed E-state index contributed by atoms with van der Waals surface area (Å²) in [6.45, 7) is 1.66. The molecule has 0 bridgehead atoms. The number of aryl methyl sites for hydroxylation is 1. The molecule has 0 amide bonds. The number of esters is 1. The highest BCUT2D eigenvalue weighted by molar-refractivity contribution is 6.04. The Morgan fingerprint density at radius 1 is 1.15 bits per heavy atom. The van der Waals surface area contributed by atoms with Crippen molar-refractivity contribution < 1.29 is 18.3 Å². The Bertz CT molecular complexity index is 1120. The molecule has 7 heteroatoms. The minimum absolute atomic E-state index is 0.169. The second-order valence-electron chi connectivity index (χ2n) is 6.17. The first-order valence-corrected chi connectivity index (χ1v) is 8.37. The van der Waals surface area contributed by atoms with Crippen LogP contribution < -0.4 is 0 Å². The van der Waals surface area contributed by atoms with E-state index in [1.54, 1.807) is 25.3 Å². The van der Waals surface area contributed by atoms with Crippen LogP contribution in [0.5, 0.6) is 0 Å². The first-order valence-electron chi connectivity index (χ1n) is 8.37. The standard InChI is InChI=1S/C20H16FN3O3/c1-12(18-22-23-19(27-18)13-7-9-14(21)10-8-13)26-20(25)16-11-24(2)17-6-4-3-5-15(16)17/h3-12H,1-2H3/t12-/m1/s1. The van der Waals surface area contributed by atoms with Crippen molar-refractivity contribution in [3.63, 3.8) is 0 Å². The van der Waals surface area contributed by atoms with E-state index in [-0.39, 0.29) is 17.6 Å². The molecule has 0 unspecified atom stereocenters. The summed E-state index contributed by atoms with van der Waals surface area (Å²) in [6.07, 6.45) is 1.01. The van der Waals surface area contributed by atoms with E-state index in [4.69, 9.17) is 9.15 Å². The van der Waals surface area contributed by atoms with E-state index >= 15 is 0 Å². The molecule has 6 nitrogen and oxygen atoms in total. The quantitative estimate of drug-likeness (QED) is 0.505. The molecule has 0 radical (unpaired) electrons. The lowest BCUT2D eigenvalue weighted by atomic mass is 10.2. The number of rotatable bonds is 4. The lowest BCUT2D eigenvalue weighted by Gasteiger charge is -2.08. The number of hydrogen-bond donors (Lipinski definition) is 0. The van der Waals surface area contributed by atoms with Crippen LogP contribution in [0.25, 0.3) is 22.4 Å². The summed E-state index contributed by atoms with van der Waals surface area (Å²) in [5, 5.41) is 8.69. The van der Waals surface area contributed by atoms with Gasteiger partial charge in [0.25, 0.3) is 5.89 Å². The summed E-state index contributed by atoms with van der Waals surface area (Å²) in [6, 6.07) is 13.3. The zero-order valence-corrected chi connectivity index (χ0v) is 14.7. The van der Waals surface area contributed by atoms with Gasteiger partial charge in [-0.2, -0.15) is 0 Å². The number of hydrogen-bond acceptors (Lipinski definition) is 5. The monoisotopic (exact) mass is 365 g/mol. The molecule has 0 saturated heterocycles. The Labute approximate surface area is 154 Å². The Hall–Kier alpha value is -3.48. The molecule has 0 N–H and O–H groups in total. The number of fused-ring (bicyclic) bond motifs is 1. The number of carbonyl (C=O) groups excluding carboxylic acids is 1. The van der Waals surface area contributed by atoms with Crippen LogP contribution in [-0.2, 0) is 11.8 Å². The Kier molecular flexibility index (Phi) is 4.19. The molecule has 0 aliphatic rings. The molecular weight excluding hydrogens is 349 g/mol. The van der Waals surface area contributed by atoms with Crippen LogP contribution in [0.2, 0.25) is 0 Å². The number of halogens is 1. The van der Waals surface area contributed by atoms with Gasteiger partial charge in [0.1, 0.15) is 5.82 Å². The molecule has 2 aromatic carbocycles. The molecule has 4 aromatic rings. The van der Waals surface area contributed by atoms with E-state index < -0.39 is 12.1 Å². The van der Waals surface area contributed by atoms with Gasteiger partial charge in [0, 0.05) is 29.7 Å². The Balaban J connectivity index is 1.54. The summed E-state index contributed by atoms with van der Waals surface area (Å²) < 4.78 is 26.0. The van der Waals surface area contributed by atoms with Gasteiger partial charge in [-0.1, -0.05) is 18.2 Å². The van der Waals surface area contributed by atoms with E-state index in [0.717, 1.165) is 10.9 Å². The number of aromatic nitrogens is 3. The van der Waals surface area contributed by atoms with Gasteiger partial charge in [-0.05, 0) is 37.3 Å². The van der Waals surface area contributed by atoms with E-state index in [1.165, 1.54) is 12.1 Å². The van der Waals surface area contributed by atoms with Crippen molar-refractivity contribution in [1.29, 1.82) is 0 Å². The minimum atomic E-state index is -0.724. The normalized spacial score (nSPS) is 12.3. The molecule has 0 aliphatic carbocycles. The molecule has 2 aromatic heterocycles. The largest absolute Gasteiger partial charge is 0.449 e. The van der Waals surface area contributed by atoms with Crippen molar-refractivity contribution in [2.75, 3.05) is 0 Å². The van der Waals surface area contributed by atoms with Crippen molar-refractivity contribution >= 4 is 16.9 Å². The highest BCUT2D eigenvalue weighted by Crippen LogP contribution is 2.26. The molecule has 136 valence electrons. The first kappa shape index (κ1) is 17.0. The number of nitrogens with zero attached hydrogens (tertiary/aromatic N) is 3. The Morgan fingerprint density at radius 3 is 2.67 bits per heavy atom. The van der Waals surface area contributed by atoms with Crippen molar-refractivity contribution in [1.82, 2.24) is 14.8 Å². The highest BCUT2D eigenvalue weighted by Gasteiger charge is 2.22. The van der Waals surface area contributed by atoms with Crippen LogP contribution in [0.4, 0.5) is 4.39 Å². The minimum Gasteiger partial charge on any atom is -0.449 e. The van der Waals surface area contributed by atoms with Crippen LogP contribution in [0.15, 0.2) is 59.1 Å². The maximum atomic E-state index is 13.0. The van der Waals surface area contributed by atoms with Gasteiger partial charge in [-0.25, -0.2) is 9.18 Å². The maximum absolute atomic E-state index is 13.0. The van der Waals surface area contributed by atoms with Crippen LogP contribution in [0.1, 0.15) is 29.3 Å². The molecule has 0 fully saturated rings. The predicted octanol–water partition coefficient (Wildman–Crippen LogP) is 4.29. The summed E-state index contributed by atoms with van der Waals surface area (Å²) >= 11 is 0. The van der Waals surface area contributed by atoms with Gasteiger partial charge in [-0.15, -0.1) is 10.2 Å². The van der Waals surface area contributed by atoms with Gasteiger partial charge >= 0.3 is 5.97 Å². The molecule has 0 saturated carbocycles. The SMILES string of the molecule is C[C@@H](OC(=O)c1cn(C)c2ccccc12)c1nnc(-c2ccc(F)cc2)o1. The molecule has 27 heavy (non-hydrogen) atoms. The number of benzene rings is 2. The zero-order chi connectivity index (χ0) is 19.0. The molecule has 0 spiro atoms. The summed E-state index contributed by atoms with van der Waals surface area (Å²) in [5.74, 6) is -0.419. The van der Waals surface area contributed by atoms with E-state index in [0.29, 0.717) is 11.1 Å². The lowest BCUT2D eigenvalue weighted by molar-refractivity contribution is 0.0282. The average molecular weight is 365 g/mol. The van der Waals surface area contributed by atoms with Crippen LogP contribution in [0.3, 0.4) is 0 Å². The predicted molar refractivity (Wildman–Crippen MR) is 96.4 cm³/mol. The van der Waals surface area contributed by atoms with Crippen molar-refractivity contribution in [2.45, 2.75) is 13.0 Å². The average Bonchev–Trinajstić information content (AvgIpc) is 3.28. The van der Waals surface area contributed by atoms with Gasteiger partial charge in [-0.3, -0.25) is 0 Å². The van der Waals surface area contributed by atoms with Crippen LogP contribution >= 0.6 is 0 Å².